The molecule has 1 aromatic carbocycles. The first kappa shape index (κ1) is 13.1. The van der Waals surface area contributed by atoms with Gasteiger partial charge in [0.2, 0.25) is 5.91 Å². The van der Waals surface area contributed by atoms with Crippen LogP contribution in [0, 0.1) is 10.1 Å². The fourth-order valence-electron chi connectivity index (χ4n) is 1.04. The van der Waals surface area contributed by atoms with Gasteiger partial charge < -0.3 is 5.32 Å². The molecular formula is C9H8Br2N2O3. The highest BCUT2D eigenvalue weighted by Crippen LogP contribution is 2.27. The van der Waals surface area contributed by atoms with E-state index in [1.54, 1.807) is 6.07 Å². The first-order valence-corrected chi connectivity index (χ1v) is 6.26. The SMILES string of the molecule is O=C(CCBr)Nc1ccc(Br)c([N+](=O)[O-])c1. The van der Waals surface area contributed by atoms with Crippen molar-refractivity contribution in [2.24, 2.45) is 0 Å². The monoisotopic (exact) mass is 350 g/mol. The molecule has 0 heterocycles. The Hall–Kier alpha value is -0.950. The Labute approximate surface area is 109 Å². The van der Waals surface area contributed by atoms with E-state index in [-0.39, 0.29) is 11.6 Å². The van der Waals surface area contributed by atoms with E-state index in [1.807, 2.05) is 0 Å². The molecule has 1 N–H and O–H groups in total. The Morgan fingerprint density at radius 2 is 2.19 bits per heavy atom. The van der Waals surface area contributed by atoms with Gasteiger partial charge in [-0.25, -0.2) is 0 Å². The fourth-order valence-corrected chi connectivity index (χ4v) is 1.79. The molecule has 0 atom stereocenters. The predicted molar refractivity (Wildman–Crippen MR) is 67.8 cm³/mol. The molecule has 0 aliphatic carbocycles. The van der Waals surface area contributed by atoms with Crippen LogP contribution < -0.4 is 5.32 Å². The number of nitrogens with one attached hydrogen (secondary N) is 1. The number of halogens is 2. The van der Waals surface area contributed by atoms with Crippen LogP contribution in [0.2, 0.25) is 0 Å². The van der Waals surface area contributed by atoms with Gasteiger partial charge in [-0.05, 0) is 28.1 Å². The van der Waals surface area contributed by atoms with Crippen molar-refractivity contribution >= 4 is 49.1 Å². The summed E-state index contributed by atoms with van der Waals surface area (Å²) in [7, 11) is 0. The smallest absolute Gasteiger partial charge is 0.285 e. The van der Waals surface area contributed by atoms with Crippen molar-refractivity contribution in [3.05, 3.63) is 32.8 Å². The van der Waals surface area contributed by atoms with Crippen molar-refractivity contribution in [3.63, 3.8) is 0 Å². The van der Waals surface area contributed by atoms with Crippen LogP contribution in [0.5, 0.6) is 0 Å². The maximum atomic E-state index is 11.3. The molecule has 1 rings (SSSR count). The van der Waals surface area contributed by atoms with Crippen LogP contribution in [0.1, 0.15) is 6.42 Å². The summed E-state index contributed by atoms with van der Waals surface area (Å²) in [6.07, 6.45) is 0.323. The van der Waals surface area contributed by atoms with Gasteiger partial charge >= 0.3 is 0 Å². The topological polar surface area (TPSA) is 72.2 Å². The number of alkyl halides is 1. The largest absolute Gasteiger partial charge is 0.326 e. The Balaban J connectivity index is 2.87. The van der Waals surface area contributed by atoms with Gasteiger partial charge in [-0.3, -0.25) is 14.9 Å². The number of carbonyl (C=O) groups excluding carboxylic acids is 1. The van der Waals surface area contributed by atoms with Crippen LogP contribution in [0.25, 0.3) is 0 Å². The molecule has 1 amide bonds. The summed E-state index contributed by atoms with van der Waals surface area (Å²) >= 11 is 6.20. The summed E-state index contributed by atoms with van der Waals surface area (Å²) in [4.78, 5) is 21.4. The maximum absolute atomic E-state index is 11.3. The molecule has 0 aromatic heterocycles. The van der Waals surface area contributed by atoms with E-state index in [1.165, 1.54) is 12.1 Å². The number of nitrogens with zero attached hydrogens (tertiary/aromatic N) is 1. The molecule has 0 saturated heterocycles. The summed E-state index contributed by atoms with van der Waals surface area (Å²) in [5.41, 5.74) is 0.345. The lowest BCUT2D eigenvalue weighted by Crippen LogP contribution is -2.11. The molecular weight excluding hydrogens is 344 g/mol. The molecule has 5 nitrogen and oxygen atoms in total. The molecule has 0 unspecified atom stereocenters. The number of amides is 1. The highest BCUT2D eigenvalue weighted by molar-refractivity contribution is 9.10. The Bertz CT molecular complexity index is 423. The molecule has 7 heteroatoms. The fraction of sp³-hybridized carbons (Fsp3) is 0.222. The minimum Gasteiger partial charge on any atom is -0.326 e. The van der Waals surface area contributed by atoms with Crippen LogP contribution in [0.3, 0.4) is 0 Å². The van der Waals surface area contributed by atoms with Crippen molar-refractivity contribution in [2.75, 3.05) is 10.6 Å². The van der Waals surface area contributed by atoms with E-state index in [0.717, 1.165) is 0 Å². The second kappa shape index (κ2) is 5.95. The highest BCUT2D eigenvalue weighted by atomic mass is 79.9. The minimum absolute atomic E-state index is 0.0726. The molecule has 1 aromatic rings. The quantitative estimate of drug-likeness (QED) is 0.514. The number of hydrogen-bond donors (Lipinski definition) is 1. The van der Waals surface area contributed by atoms with E-state index < -0.39 is 4.92 Å². The van der Waals surface area contributed by atoms with E-state index in [0.29, 0.717) is 21.9 Å². The third-order valence-corrected chi connectivity index (χ3v) is 2.82. The molecule has 0 radical (unpaired) electrons. The van der Waals surface area contributed by atoms with Gasteiger partial charge in [0.15, 0.2) is 0 Å². The summed E-state index contributed by atoms with van der Waals surface area (Å²) in [5, 5.41) is 13.8. The van der Waals surface area contributed by atoms with Crippen LogP contribution in [0.4, 0.5) is 11.4 Å². The van der Waals surface area contributed by atoms with Gasteiger partial charge in [-0.15, -0.1) is 0 Å². The van der Waals surface area contributed by atoms with E-state index >= 15 is 0 Å². The summed E-state index contributed by atoms with van der Waals surface area (Å²) in [6.45, 7) is 0. The van der Waals surface area contributed by atoms with E-state index in [4.69, 9.17) is 0 Å². The molecule has 0 aliphatic heterocycles. The molecule has 0 aliphatic rings. The number of rotatable bonds is 4. The Morgan fingerprint density at radius 1 is 1.50 bits per heavy atom. The van der Waals surface area contributed by atoms with Gasteiger partial charge in [0, 0.05) is 23.5 Å². The van der Waals surface area contributed by atoms with Crippen LogP contribution in [-0.2, 0) is 4.79 Å². The number of carbonyl (C=O) groups is 1. The molecule has 86 valence electrons. The number of hydrogen-bond acceptors (Lipinski definition) is 3. The Kier molecular flexibility index (Phi) is 4.88. The van der Waals surface area contributed by atoms with Gasteiger partial charge in [-0.1, -0.05) is 15.9 Å². The zero-order valence-corrected chi connectivity index (χ0v) is 11.2. The molecule has 0 fully saturated rings. The third-order valence-electron chi connectivity index (χ3n) is 1.75. The Morgan fingerprint density at radius 3 is 2.75 bits per heavy atom. The van der Waals surface area contributed by atoms with Crippen LogP contribution in [0.15, 0.2) is 22.7 Å². The van der Waals surface area contributed by atoms with Gasteiger partial charge in [0.05, 0.1) is 9.40 Å². The highest BCUT2D eigenvalue weighted by Gasteiger charge is 2.13. The zero-order chi connectivity index (χ0) is 12.1. The zero-order valence-electron chi connectivity index (χ0n) is 8.07. The number of anilines is 1. The van der Waals surface area contributed by atoms with Crippen LogP contribution in [-0.4, -0.2) is 16.2 Å². The number of nitro groups is 1. The normalized spacial score (nSPS) is 9.88. The van der Waals surface area contributed by atoms with Gasteiger partial charge in [0.1, 0.15) is 0 Å². The van der Waals surface area contributed by atoms with E-state index in [9.17, 15) is 14.9 Å². The first-order valence-electron chi connectivity index (χ1n) is 4.34. The lowest BCUT2D eigenvalue weighted by molar-refractivity contribution is -0.385. The van der Waals surface area contributed by atoms with Crippen molar-refractivity contribution in [1.29, 1.82) is 0 Å². The van der Waals surface area contributed by atoms with Gasteiger partial charge in [0.25, 0.3) is 5.69 Å². The number of nitro benzene ring substituents is 1. The first-order chi connectivity index (χ1) is 7.54. The van der Waals surface area contributed by atoms with Crippen molar-refractivity contribution < 1.29 is 9.72 Å². The summed E-state index contributed by atoms with van der Waals surface area (Å²) < 4.78 is 0.385. The van der Waals surface area contributed by atoms with Crippen molar-refractivity contribution in [3.8, 4) is 0 Å². The summed E-state index contributed by atoms with van der Waals surface area (Å²) in [6, 6.07) is 4.45. The molecule has 0 bridgehead atoms. The molecule has 0 saturated carbocycles. The van der Waals surface area contributed by atoms with Crippen molar-refractivity contribution in [2.45, 2.75) is 6.42 Å². The second-order valence-corrected chi connectivity index (χ2v) is 4.56. The molecule has 16 heavy (non-hydrogen) atoms. The average Bonchev–Trinajstić information content (AvgIpc) is 2.21. The van der Waals surface area contributed by atoms with E-state index in [2.05, 4.69) is 37.2 Å². The predicted octanol–water partition coefficient (Wildman–Crippen LogP) is 3.08. The van der Waals surface area contributed by atoms with Crippen LogP contribution >= 0.6 is 31.9 Å². The second-order valence-electron chi connectivity index (χ2n) is 2.91. The van der Waals surface area contributed by atoms with Crippen molar-refractivity contribution in [1.82, 2.24) is 0 Å². The van der Waals surface area contributed by atoms with Gasteiger partial charge in [-0.2, -0.15) is 0 Å². The lowest BCUT2D eigenvalue weighted by atomic mass is 10.2. The average molecular weight is 352 g/mol. The summed E-state index contributed by atoms with van der Waals surface area (Å²) in [5.74, 6) is -0.187. The minimum atomic E-state index is -0.510. The maximum Gasteiger partial charge on any atom is 0.285 e. The third kappa shape index (κ3) is 3.57. The lowest BCUT2D eigenvalue weighted by Gasteiger charge is -2.04. The number of benzene rings is 1. The standard InChI is InChI=1S/C9H8Br2N2O3/c10-4-3-9(14)12-6-1-2-7(11)8(5-6)13(15)16/h1-2,5H,3-4H2,(H,12,14). The molecule has 0 spiro atoms.